The number of nitrogens with one attached hydrogen (secondary N) is 1. The van der Waals surface area contributed by atoms with E-state index >= 15 is 0 Å². The molecule has 0 aliphatic heterocycles. The van der Waals surface area contributed by atoms with Gasteiger partial charge >= 0.3 is 0 Å². The summed E-state index contributed by atoms with van der Waals surface area (Å²) in [4.78, 5) is 7.80. The van der Waals surface area contributed by atoms with E-state index in [0.29, 0.717) is 23.0 Å². The molecule has 1 aromatic carbocycles. The Morgan fingerprint density at radius 1 is 1.21 bits per heavy atom. The van der Waals surface area contributed by atoms with Crippen molar-refractivity contribution in [1.82, 2.24) is 9.97 Å². The van der Waals surface area contributed by atoms with Gasteiger partial charge in [0, 0.05) is 11.8 Å². The fourth-order valence-electron chi connectivity index (χ4n) is 1.52. The summed E-state index contributed by atoms with van der Waals surface area (Å²) in [5.74, 6) is 1.68. The molecule has 0 amide bonds. The lowest BCUT2D eigenvalue weighted by Gasteiger charge is -2.11. The highest BCUT2D eigenvalue weighted by atomic mass is 35.5. The van der Waals surface area contributed by atoms with Crippen molar-refractivity contribution < 1.29 is 9.47 Å². The second-order valence-electron chi connectivity index (χ2n) is 3.64. The Morgan fingerprint density at radius 2 is 1.95 bits per heavy atom. The van der Waals surface area contributed by atoms with Gasteiger partial charge in [0.2, 0.25) is 5.28 Å². The monoisotopic (exact) mass is 280 g/mol. The normalized spacial score (nSPS) is 10.1. The summed E-state index contributed by atoms with van der Waals surface area (Å²) in [6, 6.07) is 5.37. The highest BCUT2D eigenvalue weighted by molar-refractivity contribution is 6.28. The molecule has 0 aliphatic rings. The second-order valence-corrected chi connectivity index (χ2v) is 3.98. The molecule has 0 atom stereocenters. The molecular formula is C12H13ClN4O2. The molecule has 3 N–H and O–H groups in total. The minimum atomic E-state index is 0.122. The average Bonchev–Trinajstić information content (AvgIpc) is 2.42. The Hall–Kier alpha value is -2.21. The highest BCUT2D eigenvalue weighted by Crippen LogP contribution is 2.31. The molecule has 0 radical (unpaired) electrons. The van der Waals surface area contributed by atoms with Gasteiger partial charge in [-0.15, -0.1) is 0 Å². The molecule has 19 heavy (non-hydrogen) atoms. The SMILES string of the molecule is COc1ccc(Nc2nc(Cl)ncc2N)cc1OC. The summed E-state index contributed by atoms with van der Waals surface area (Å²) < 4.78 is 10.4. The molecule has 7 heteroatoms. The van der Waals surface area contributed by atoms with Crippen LogP contribution in [0.4, 0.5) is 17.2 Å². The number of aromatic nitrogens is 2. The van der Waals surface area contributed by atoms with Crippen LogP contribution in [0.2, 0.25) is 5.28 Å². The van der Waals surface area contributed by atoms with Crippen molar-refractivity contribution in [2.75, 3.05) is 25.3 Å². The number of nitrogens with zero attached hydrogens (tertiary/aromatic N) is 2. The molecule has 0 unspecified atom stereocenters. The second kappa shape index (κ2) is 5.62. The third-order valence-electron chi connectivity index (χ3n) is 2.43. The summed E-state index contributed by atoms with van der Waals surface area (Å²) in [7, 11) is 3.14. The highest BCUT2D eigenvalue weighted by Gasteiger charge is 2.07. The number of rotatable bonds is 4. The van der Waals surface area contributed by atoms with E-state index in [9.17, 15) is 0 Å². The third-order valence-corrected chi connectivity index (χ3v) is 2.62. The topological polar surface area (TPSA) is 82.3 Å². The van der Waals surface area contributed by atoms with Crippen LogP contribution in [0.3, 0.4) is 0 Å². The zero-order chi connectivity index (χ0) is 13.8. The van der Waals surface area contributed by atoms with Gasteiger partial charge in [-0.25, -0.2) is 4.98 Å². The van der Waals surface area contributed by atoms with E-state index in [1.165, 1.54) is 6.20 Å². The number of hydrogen-bond acceptors (Lipinski definition) is 6. The molecule has 0 saturated heterocycles. The van der Waals surface area contributed by atoms with Crippen LogP contribution in [-0.2, 0) is 0 Å². The minimum absolute atomic E-state index is 0.122. The summed E-state index contributed by atoms with van der Waals surface area (Å²) >= 11 is 5.73. The first-order valence-electron chi connectivity index (χ1n) is 5.41. The van der Waals surface area contributed by atoms with Gasteiger partial charge < -0.3 is 20.5 Å². The number of methoxy groups -OCH3 is 2. The van der Waals surface area contributed by atoms with Gasteiger partial charge in [-0.2, -0.15) is 4.98 Å². The predicted molar refractivity (Wildman–Crippen MR) is 74.3 cm³/mol. The van der Waals surface area contributed by atoms with Crippen molar-refractivity contribution in [1.29, 1.82) is 0 Å². The molecule has 0 aliphatic carbocycles. The number of nitrogen functional groups attached to an aromatic ring is 1. The van der Waals surface area contributed by atoms with Crippen molar-refractivity contribution >= 4 is 28.8 Å². The van der Waals surface area contributed by atoms with E-state index in [2.05, 4.69) is 15.3 Å². The lowest BCUT2D eigenvalue weighted by Crippen LogP contribution is -2.01. The maximum atomic E-state index is 5.76. The summed E-state index contributed by atoms with van der Waals surface area (Å²) in [6.45, 7) is 0. The third kappa shape index (κ3) is 2.97. The first kappa shape index (κ1) is 13.2. The van der Waals surface area contributed by atoms with Gasteiger partial charge in [0.25, 0.3) is 0 Å². The number of benzene rings is 1. The Labute approximate surface area is 115 Å². The predicted octanol–water partition coefficient (Wildman–Crippen LogP) is 2.47. The van der Waals surface area contributed by atoms with Gasteiger partial charge in [0.05, 0.1) is 26.1 Å². The number of hydrogen-bond donors (Lipinski definition) is 2. The van der Waals surface area contributed by atoms with Crippen LogP contribution in [0.1, 0.15) is 0 Å². The molecule has 0 bridgehead atoms. The van der Waals surface area contributed by atoms with Crippen molar-refractivity contribution in [3.63, 3.8) is 0 Å². The summed E-state index contributed by atoms with van der Waals surface area (Å²) in [6.07, 6.45) is 1.44. The molecule has 6 nitrogen and oxygen atoms in total. The maximum absolute atomic E-state index is 5.76. The molecule has 1 aromatic heterocycles. The first-order valence-corrected chi connectivity index (χ1v) is 5.79. The van der Waals surface area contributed by atoms with Gasteiger partial charge in [-0.3, -0.25) is 0 Å². The Morgan fingerprint density at radius 3 is 2.63 bits per heavy atom. The number of ether oxygens (including phenoxy) is 2. The Kier molecular flexibility index (Phi) is 3.91. The lowest BCUT2D eigenvalue weighted by atomic mass is 10.2. The first-order chi connectivity index (χ1) is 9.13. The number of halogens is 1. The smallest absolute Gasteiger partial charge is 0.224 e. The van der Waals surface area contributed by atoms with Crippen LogP contribution in [-0.4, -0.2) is 24.2 Å². The largest absolute Gasteiger partial charge is 0.493 e. The van der Waals surface area contributed by atoms with E-state index < -0.39 is 0 Å². The van der Waals surface area contributed by atoms with E-state index in [-0.39, 0.29) is 5.28 Å². The van der Waals surface area contributed by atoms with E-state index in [1.54, 1.807) is 26.4 Å². The molecule has 2 rings (SSSR count). The van der Waals surface area contributed by atoms with Crippen molar-refractivity contribution in [3.05, 3.63) is 29.7 Å². The van der Waals surface area contributed by atoms with Gasteiger partial charge in [0.1, 0.15) is 0 Å². The van der Waals surface area contributed by atoms with Crippen LogP contribution in [0.5, 0.6) is 11.5 Å². The van der Waals surface area contributed by atoms with E-state index in [4.69, 9.17) is 26.8 Å². The molecule has 0 saturated carbocycles. The standard InChI is InChI=1S/C12H13ClN4O2/c1-18-9-4-3-7(5-10(9)19-2)16-11-8(14)6-15-12(13)17-11/h3-6H,14H2,1-2H3,(H,15,16,17). The quantitative estimate of drug-likeness (QED) is 0.837. The van der Waals surface area contributed by atoms with Crippen LogP contribution >= 0.6 is 11.6 Å². The summed E-state index contributed by atoms with van der Waals surface area (Å²) in [5.41, 5.74) is 6.91. The number of nitrogens with two attached hydrogens (primary N) is 1. The molecular weight excluding hydrogens is 268 g/mol. The Balaban J connectivity index is 2.30. The van der Waals surface area contributed by atoms with Gasteiger partial charge in [0.15, 0.2) is 17.3 Å². The molecule has 1 heterocycles. The van der Waals surface area contributed by atoms with Crippen LogP contribution in [0, 0.1) is 0 Å². The zero-order valence-corrected chi connectivity index (χ0v) is 11.2. The van der Waals surface area contributed by atoms with Crippen LogP contribution in [0.15, 0.2) is 24.4 Å². The molecule has 2 aromatic rings. The fourth-order valence-corrected chi connectivity index (χ4v) is 1.65. The maximum Gasteiger partial charge on any atom is 0.224 e. The van der Waals surface area contributed by atoms with Gasteiger partial charge in [-0.05, 0) is 23.7 Å². The molecule has 0 spiro atoms. The van der Waals surface area contributed by atoms with E-state index in [0.717, 1.165) is 5.69 Å². The molecule has 100 valence electrons. The minimum Gasteiger partial charge on any atom is -0.493 e. The van der Waals surface area contributed by atoms with Crippen LogP contribution in [0.25, 0.3) is 0 Å². The lowest BCUT2D eigenvalue weighted by molar-refractivity contribution is 0.355. The van der Waals surface area contributed by atoms with Crippen molar-refractivity contribution in [3.8, 4) is 11.5 Å². The van der Waals surface area contributed by atoms with Crippen LogP contribution < -0.4 is 20.5 Å². The molecule has 0 fully saturated rings. The van der Waals surface area contributed by atoms with Gasteiger partial charge in [-0.1, -0.05) is 0 Å². The summed E-state index contributed by atoms with van der Waals surface area (Å²) in [5, 5.41) is 3.17. The van der Waals surface area contributed by atoms with Crippen molar-refractivity contribution in [2.24, 2.45) is 0 Å². The number of anilines is 3. The Bertz CT molecular complexity index is 592. The zero-order valence-electron chi connectivity index (χ0n) is 10.5. The van der Waals surface area contributed by atoms with E-state index in [1.807, 2.05) is 6.07 Å². The fraction of sp³-hybridized carbons (Fsp3) is 0.167. The average molecular weight is 281 g/mol. The van der Waals surface area contributed by atoms with Crippen molar-refractivity contribution in [2.45, 2.75) is 0 Å².